The van der Waals surface area contributed by atoms with Crippen molar-refractivity contribution in [1.29, 1.82) is 0 Å². The highest BCUT2D eigenvalue weighted by atomic mass is 15.2. The summed E-state index contributed by atoms with van der Waals surface area (Å²) in [6, 6.07) is 8.04. The average molecular weight is 273 g/mol. The van der Waals surface area contributed by atoms with Gasteiger partial charge in [0.15, 0.2) is 0 Å². The maximum absolute atomic E-state index is 5.91. The van der Waals surface area contributed by atoms with E-state index in [4.69, 9.17) is 5.73 Å². The molecule has 2 heterocycles. The lowest BCUT2D eigenvalue weighted by Gasteiger charge is -2.39. The molecule has 0 spiro atoms. The fraction of sp³-hybridized carbons (Fsp3) is 0.647. The van der Waals surface area contributed by atoms with Crippen LogP contribution in [0.25, 0.3) is 0 Å². The van der Waals surface area contributed by atoms with Gasteiger partial charge in [-0.25, -0.2) is 0 Å². The number of anilines is 2. The van der Waals surface area contributed by atoms with Crippen molar-refractivity contribution >= 4 is 11.4 Å². The van der Waals surface area contributed by atoms with Gasteiger partial charge in [0, 0.05) is 36.5 Å². The van der Waals surface area contributed by atoms with Gasteiger partial charge in [-0.05, 0) is 69.8 Å². The van der Waals surface area contributed by atoms with Crippen LogP contribution in [0.15, 0.2) is 18.2 Å². The molecule has 0 unspecified atom stereocenters. The predicted molar refractivity (Wildman–Crippen MR) is 86.2 cm³/mol. The Hall–Kier alpha value is -1.22. The van der Waals surface area contributed by atoms with Gasteiger partial charge in [0.25, 0.3) is 0 Å². The number of hydrogen-bond donors (Lipinski definition) is 1. The molecule has 1 aromatic carbocycles. The van der Waals surface area contributed by atoms with E-state index in [2.05, 4.69) is 35.8 Å². The lowest BCUT2D eigenvalue weighted by atomic mass is 10.0. The number of nitrogens with zero attached hydrogens (tertiary/aromatic N) is 2. The number of rotatable bonds is 2. The summed E-state index contributed by atoms with van der Waals surface area (Å²) in [6.45, 7) is 8.15. The summed E-state index contributed by atoms with van der Waals surface area (Å²) in [4.78, 5) is 5.26. The van der Waals surface area contributed by atoms with Crippen LogP contribution in [0.3, 0.4) is 0 Å². The standard InChI is InChI=1S/C17H27N3/c1-13-12-16(5-6-17(13)18)19-10-7-15(8-11-19)20-9-3-4-14(20)2/h5-6,12,14-15H,3-4,7-11,18H2,1-2H3/t14-/m0/s1. The highest BCUT2D eigenvalue weighted by Gasteiger charge is 2.30. The minimum Gasteiger partial charge on any atom is -0.399 e. The van der Waals surface area contributed by atoms with Crippen molar-refractivity contribution < 1.29 is 0 Å². The van der Waals surface area contributed by atoms with Crippen LogP contribution < -0.4 is 10.6 Å². The summed E-state index contributed by atoms with van der Waals surface area (Å²) in [7, 11) is 0. The van der Waals surface area contributed by atoms with Crippen LogP contribution in [0.2, 0.25) is 0 Å². The van der Waals surface area contributed by atoms with Crippen molar-refractivity contribution in [2.75, 3.05) is 30.3 Å². The zero-order chi connectivity index (χ0) is 14.1. The molecule has 2 aliphatic heterocycles. The molecule has 0 radical (unpaired) electrons. The zero-order valence-corrected chi connectivity index (χ0v) is 12.8. The minimum absolute atomic E-state index is 0.797. The highest BCUT2D eigenvalue weighted by molar-refractivity contribution is 5.58. The Morgan fingerprint density at radius 3 is 2.45 bits per heavy atom. The van der Waals surface area contributed by atoms with Crippen LogP contribution >= 0.6 is 0 Å². The molecule has 0 aliphatic carbocycles. The largest absolute Gasteiger partial charge is 0.399 e. The summed E-state index contributed by atoms with van der Waals surface area (Å²) in [5.41, 5.74) is 9.34. The SMILES string of the molecule is Cc1cc(N2CCC(N3CCC[C@@H]3C)CC2)ccc1N. The quantitative estimate of drug-likeness (QED) is 0.841. The monoisotopic (exact) mass is 273 g/mol. The predicted octanol–water partition coefficient (Wildman–Crippen LogP) is 3.03. The molecule has 2 fully saturated rings. The van der Waals surface area contributed by atoms with Crippen LogP contribution in [-0.2, 0) is 0 Å². The molecule has 2 aliphatic rings. The molecule has 1 aromatic rings. The van der Waals surface area contributed by atoms with E-state index in [1.54, 1.807) is 0 Å². The van der Waals surface area contributed by atoms with Crippen LogP contribution in [-0.4, -0.2) is 36.6 Å². The molecule has 3 nitrogen and oxygen atoms in total. The highest BCUT2D eigenvalue weighted by Crippen LogP contribution is 2.28. The second-order valence-electron chi connectivity index (χ2n) is 6.49. The van der Waals surface area contributed by atoms with Crippen molar-refractivity contribution in [1.82, 2.24) is 4.90 Å². The molecular weight excluding hydrogens is 246 g/mol. The summed E-state index contributed by atoms with van der Waals surface area (Å²) >= 11 is 0. The Bertz CT molecular complexity index is 463. The first-order valence-corrected chi connectivity index (χ1v) is 8.02. The number of hydrogen-bond acceptors (Lipinski definition) is 3. The summed E-state index contributed by atoms with van der Waals surface area (Å²) < 4.78 is 0. The molecule has 3 heteroatoms. The first-order chi connectivity index (χ1) is 9.65. The van der Waals surface area contributed by atoms with Gasteiger partial charge in [0.2, 0.25) is 0 Å². The molecule has 2 N–H and O–H groups in total. The molecule has 20 heavy (non-hydrogen) atoms. The Kier molecular flexibility index (Phi) is 3.88. The number of piperidine rings is 1. The maximum atomic E-state index is 5.91. The van der Waals surface area contributed by atoms with E-state index in [-0.39, 0.29) is 0 Å². The van der Waals surface area contributed by atoms with Gasteiger partial charge in [0.05, 0.1) is 0 Å². The average Bonchev–Trinajstić information content (AvgIpc) is 2.88. The van der Waals surface area contributed by atoms with E-state index >= 15 is 0 Å². The van der Waals surface area contributed by atoms with Crippen LogP contribution in [0.4, 0.5) is 11.4 Å². The van der Waals surface area contributed by atoms with Crippen LogP contribution in [0, 0.1) is 6.92 Å². The fourth-order valence-electron chi connectivity index (χ4n) is 3.81. The Balaban J connectivity index is 1.62. The van der Waals surface area contributed by atoms with Gasteiger partial charge in [0.1, 0.15) is 0 Å². The third kappa shape index (κ3) is 2.64. The smallest absolute Gasteiger partial charge is 0.0370 e. The first-order valence-electron chi connectivity index (χ1n) is 8.02. The van der Waals surface area contributed by atoms with Gasteiger partial charge in [-0.1, -0.05) is 0 Å². The number of aryl methyl sites for hydroxylation is 1. The molecule has 110 valence electrons. The van der Waals surface area contributed by atoms with Gasteiger partial charge in [-0.15, -0.1) is 0 Å². The van der Waals surface area contributed by atoms with Crippen molar-refractivity contribution in [3.05, 3.63) is 23.8 Å². The Morgan fingerprint density at radius 1 is 1.10 bits per heavy atom. The summed E-state index contributed by atoms with van der Waals surface area (Å²) in [6.07, 6.45) is 5.37. The number of nitrogens with two attached hydrogens (primary N) is 1. The van der Waals surface area contributed by atoms with Gasteiger partial charge < -0.3 is 10.6 Å². The molecular formula is C17H27N3. The van der Waals surface area contributed by atoms with E-state index in [9.17, 15) is 0 Å². The lowest BCUT2D eigenvalue weighted by molar-refractivity contribution is 0.163. The van der Waals surface area contributed by atoms with Gasteiger partial charge >= 0.3 is 0 Å². The fourth-order valence-corrected chi connectivity index (χ4v) is 3.81. The van der Waals surface area contributed by atoms with Crippen molar-refractivity contribution in [3.63, 3.8) is 0 Å². The molecule has 0 aromatic heterocycles. The topological polar surface area (TPSA) is 32.5 Å². The zero-order valence-electron chi connectivity index (χ0n) is 12.8. The van der Waals surface area contributed by atoms with E-state index in [1.165, 1.54) is 56.6 Å². The second-order valence-corrected chi connectivity index (χ2v) is 6.49. The van der Waals surface area contributed by atoms with Crippen molar-refractivity contribution in [3.8, 4) is 0 Å². The molecule has 0 saturated carbocycles. The summed E-state index contributed by atoms with van der Waals surface area (Å²) in [5.74, 6) is 0. The van der Waals surface area contributed by atoms with Gasteiger partial charge in [-0.3, -0.25) is 4.90 Å². The minimum atomic E-state index is 0.797. The summed E-state index contributed by atoms with van der Waals surface area (Å²) in [5, 5.41) is 0. The molecule has 3 rings (SSSR count). The maximum Gasteiger partial charge on any atom is 0.0370 e. The normalized spacial score (nSPS) is 25.3. The molecule has 0 bridgehead atoms. The van der Waals surface area contributed by atoms with Gasteiger partial charge in [-0.2, -0.15) is 0 Å². The van der Waals surface area contributed by atoms with Crippen LogP contribution in [0.5, 0.6) is 0 Å². The van der Waals surface area contributed by atoms with E-state index < -0.39 is 0 Å². The lowest BCUT2D eigenvalue weighted by Crippen LogP contribution is -2.46. The third-order valence-electron chi connectivity index (χ3n) is 5.16. The molecule has 0 amide bonds. The Morgan fingerprint density at radius 2 is 1.85 bits per heavy atom. The molecule has 1 atom stereocenters. The number of likely N-dealkylation sites (tertiary alicyclic amines) is 1. The molecule has 2 saturated heterocycles. The Labute approximate surface area is 122 Å². The van der Waals surface area contributed by atoms with E-state index in [1.807, 2.05) is 6.07 Å². The van der Waals surface area contributed by atoms with E-state index in [0.29, 0.717) is 0 Å². The number of benzene rings is 1. The third-order valence-corrected chi connectivity index (χ3v) is 5.16. The second kappa shape index (κ2) is 5.65. The van der Waals surface area contributed by atoms with Crippen LogP contribution in [0.1, 0.15) is 38.2 Å². The first kappa shape index (κ1) is 13.7. The van der Waals surface area contributed by atoms with Crippen molar-refractivity contribution in [2.24, 2.45) is 0 Å². The van der Waals surface area contributed by atoms with E-state index in [0.717, 1.165) is 17.8 Å². The number of nitrogen functional groups attached to an aromatic ring is 1. The van der Waals surface area contributed by atoms with Crippen molar-refractivity contribution in [2.45, 2.75) is 51.6 Å².